The van der Waals surface area contributed by atoms with Crippen LogP contribution in [0.1, 0.15) is 91.5 Å². The van der Waals surface area contributed by atoms with Crippen LogP contribution in [0.5, 0.6) is 0 Å². The summed E-state index contributed by atoms with van der Waals surface area (Å²) < 4.78 is 0. The average Bonchev–Trinajstić information content (AvgIpc) is 3.00. The van der Waals surface area contributed by atoms with Crippen LogP contribution in [0.2, 0.25) is 0 Å². The molecule has 0 spiro atoms. The molecule has 45 heavy (non-hydrogen) atoms. The molecule has 2 aromatic rings. The van der Waals surface area contributed by atoms with Gasteiger partial charge in [-0.1, -0.05) is 89.9 Å². The standard InChI is InChI=1S/C19H24N2O2.C12H25N3O2.C3H7NO/c1-3-13(2)18(19(20)23)21-17(22)11-9-14-8-10-15-6-4-5-7-16(15)12-14;1-9(2)8-10(12(14)17)15-11(16)6-4-3-5-7-13;1-2-3(4)5/h4-8,10,12-13,18H,3,9,11H2,1-2H3,(H2,20,23)(H,21,22);9-10H,3-8,13H2,1-2H3,(H2,14,17)(H,15,16);2H2,1H3,(H2,4,5). The molecule has 3 atom stereocenters. The monoisotopic (exact) mass is 628 g/mol. The van der Waals surface area contributed by atoms with E-state index in [1.165, 1.54) is 10.8 Å². The fourth-order valence-corrected chi connectivity index (χ4v) is 4.22. The van der Waals surface area contributed by atoms with E-state index in [1.54, 1.807) is 6.92 Å². The summed E-state index contributed by atoms with van der Waals surface area (Å²) in [7, 11) is 0. The number of unbranched alkanes of at least 4 members (excludes halogenated alkanes) is 2. The van der Waals surface area contributed by atoms with Crippen molar-refractivity contribution in [3.05, 3.63) is 48.0 Å². The Labute approximate surface area is 268 Å². The number of rotatable bonds is 17. The number of hydrogen-bond acceptors (Lipinski definition) is 6. The van der Waals surface area contributed by atoms with Gasteiger partial charge in [0.1, 0.15) is 12.1 Å². The highest BCUT2D eigenvalue weighted by Crippen LogP contribution is 2.17. The third-order valence-electron chi connectivity index (χ3n) is 7.13. The Morgan fingerprint density at radius 3 is 1.87 bits per heavy atom. The van der Waals surface area contributed by atoms with Crippen molar-refractivity contribution in [2.24, 2.45) is 34.8 Å². The second kappa shape index (κ2) is 23.4. The molecule has 0 aliphatic carbocycles. The Kier molecular flexibility index (Phi) is 21.3. The summed E-state index contributed by atoms with van der Waals surface area (Å²) in [5.41, 5.74) is 21.7. The molecule has 0 radical (unpaired) electrons. The Morgan fingerprint density at radius 1 is 0.756 bits per heavy atom. The normalized spacial score (nSPS) is 12.4. The van der Waals surface area contributed by atoms with Crippen LogP contribution in [0.25, 0.3) is 10.8 Å². The Bertz CT molecular complexity index is 1200. The van der Waals surface area contributed by atoms with Crippen LogP contribution in [-0.2, 0) is 30.4 Å². The molecule has 2 rings (SSSR count). The number of aryl methyl sites for hydroxylation is 1. The summed E-state index contributed by atoms with van der Waals surface area (Å²) in [4.78, 5) is 55.8. The van der Waals surface area contributed by atoms with Gasteiger partial charge in [0.2, 0.25) is 29.5 Å². The Balaban J connectivity index is 0.000000775. The highest BCUT2D eigenvalue weighted by atomic mass is 16.2. The van der Waals surface area contributed by atoms with E-state index in [4.69, 9.17) is 17.2 Å². The number of benzene rings is 2. The smallest absolute Gasteiger partial charge is 0.240 e. The summed E-state index contributed by atoms with van der Waals surface area (Å²) in [6.07, 6.45) is 5.91. The van der Waals surface area contributed by atoms with E-state index in [0.29, 0.717) is 44.6 Å². The van der Waals surface area contributed by atoms with Crippen LogP contribution in [0.4, 0.5) is 0 Å². The molecule has 5 amide bonds. The van der Waals surface area contributed by atoms with Crippen LogP contribution in [0, 0.1) is 11.8 Å². The minimum atomic E-state index is -0.593. The average molecular weight is 629 g/mol. The molecule has 0 aliphatic rings. The molecule has 0 bridgehead atoms. The molecule has 3 unspecified atom stereocenters. The summed E-state index contributed by atoms with van der Waals surface area (Å²) in [5, 5.41) is 7.79. The maximum Gasteiger partial charge on any atom is 0.240 e. The predicted molar refractivity (Wildman–Crippen MR) is 180 cm³/mol. The van der Waals surface area contributed by atoms with E-state index in [1.807, 2.05) is 45.9 Å². The molecule has 0 saturated heterocycles. The minimum absolute atomic E-state index is 0.0390. The van der Waals surface area contributed by atoms with Gasteiger partial charge >= 0.3 is 0 Å². The van der Waals surface area contributed by atoms with Crippen LogP contribution in [-0.4, -0.2) is 48.2 Å². The van der Waals surface area contributed by atoms with Crippen LogP contribution < -0.4 is 33.6 Å². The number of primary amides is 3. The number of nitrogens with one attached hydrogen (secondary N) is 2. The minimum Gasteiger partial charge on any atom is -0.370 e. The second-order valence-electron chi connectivity index (χ2n) is 11.6. The van der Waals surface area contributed by atoms with Gasteiger partial charge in [0, 0.05) is 19.3 Å². The molecule has 0 aromatic heterocycles. The highest BCUT2D eigenvalue weighted by molar-refractivity contribution is 5.87. The molecule has 10 N–H and O–H groups in total. The van der Waals surface area contributed by atoms with E-state index in [2.05, 4.69) is 40.6 Å². The first kappa shape index (κ1) is 41.0. The largest absolute Gasteiger partial charge is 0.370 e. The first-order valence-corrected chi connectivity index (χ1v) is 15.9. The van der Waals surface area contributed by atoms with Gasteiger partial charge in [-0.2, -0.15) is 0 Å². The molecular formula is C34H56N6O5. The van der Waals surface area contributed by atoms with E-state index < -0.39 is 23.9 Å². The number of nitrogens with two attached hydrogens (primary N) is 4. The quantitative estimate of drug-likeness (QED) is 0.145. The van der Waals surface area contributed by atoms with E-state index in [9.17, 15) is 24.0 Å². The molecule has 11 heteroatoms. The molecule has 11 nitrogen and oxygen atoms in total. The fourth-order valence-electron chi connectivity index (χ4n) is 4.22. The van der Waals surface area contributed by atoms with Crippen LogP contribution >= 0.6 is 0 Å². The Morgan fingerprint density at radius 2 is 1.36 bits per heavy atom. The van der Waals surface area contributed by atoms with Crippen LogP contribution in [0.15, 0.2) is 42.5 Å². The number of carbonyl (C=O) groups excluding carboxylic acids is 5. The van der Waals surface area contributed by atoms with Gasteiger partial charge in [0.15, 0.2) is 0 Å². The van der Waals surface area contributed by atoms with Gasteiger partial charge in [-0.3, -0.25) is 24.0 Å². The lowest BCUT2D eigenvalue weighted by atomic mass is 9.98. The van der Waals surface area contributed by atoms with Gasteiger partial charge in [-0.05, 0) is 60.4 Å². The zero-order valence-electron chi connectivity index (χ0n) is 27.8. The SMILES string of the molecule is CC(C)CC(NC(=O)CCCCCN)C(N)=O.CCC(C)C(NC(=O)CCc1ccc2ccccc2c1)C(N)=O.CCC(N)=O. The first-order valence-electron chi connectivity index (χ1n) is 15.9. The summed E-state index contributed by atoms with van der Waals surface area (Å²) >= 11 is 0. The molecule has 0 fully saturated rings. The molecule has 0 aliphatic heterocycles. The first-order chi connectivity index (χ1) is 21.2. The zero-order chi connectivity index (χ0) is 34.4. The zero-order valence-corrected chi connectivity index (χ0v) is 27.8. The molecule has 2 aromatic carbocycles. The van der Waals surface area contributed by atoms with Crippen molar-refractivity contribution < 1.29 is 24.0 Å². The second-order valence-corrected chi connectivity index (χ2v) is 11.6. The van der Waals surface area contributed by atoms with Gasteiger partial charge in [0.05, 0.1) is 0 Å². The lowest BCUT2D eigenvalue weighted by Gasteiger charge is -2.21. The number of carbonyl (C=O) groups is 5. The molecular weight excluding hydrogens is 572 g/mol. The van der Waals surface area contributed by atoms with Crippen LogP contribution in [0.3, 0.4) is 0 Å². The lowest BCUT2D eigenvalue weighted by Crippen LogP contribution is -2.48. The van der Waals surface area contributed by atoms with E-state index in [0.717, 1.165) is 31.2 Å². The van der Waals surface area contributed by atoms with Gasteiger partial charge in [-0.15, -0.1) is 0 Å². The predicted octanol–water partition coefficient (Wildman–Crippen LogP) is 3.19. The molecule has 252 valence electrons. The van der Waals surface area contributed by atoms with Crippen molar-refractivity contribution in [2.45, 2.75) is 104 Å². The van der Waals surface area contributed by atoms with Crippen molar-refractivity contribution in [3.8, 4) is 0 Å². The van der Waals surface area contributed by atoms with Crippen molar-refractivity contribution in [1.82, 2.24) is 10.6 Å². The van der Waals surface area contributed by atoms with E-state index >= 15 is 0 Å². The van der Waals surface area contributed by atoms with Crippen molar-refractivity contribution in [1.29, 1.82) is 0 Å². The van der Waals surface area contributed by atoms with Crippen molar-refractivity contribution in [3.63, 3.8) is 0 Å². The highest BCUT2D eigenvalue weighted by Gasteiger charge is 2.23. The number of fused-ring (bicyclic) bond motifs is 1. The van der Waals surface area contributed by atoms with Gasteiger partial charge in [-0.25, -0.2) is 0 Å². The molecule has 0 saturated carbocycles. The summed E-state index contributed by atoms with van der Waals surface area (Å²) in [5.74, 6) is -1.06. The maximum atomic E-state index is 12.1. The summed E-state index contributed by atoms with van der Waals surface area (Å²) in [6.45, 7) is 10.2. The third kappa shape index (κ3) is 19.1. The number of amides is 5. The Hall–Kier alpha value is -3.99. The summed E-state index contributed by atoms with van der Waals surface area (Å²) in [6, 6.07) is 13.2. The van der Waals surface area contributed by atoms with E-state index in [-0.39, 0.29) is 23.6 Å². The topological polar surface area (TPSA) is 213 Å². The van der Waals surface area contributed by atoms with Crippen molar-refractivity contribution >= 4 is 40.3 Å². The van der Waals surface area contributed by atoms with Gasteiger partial charge in [0.25, 0.3) is 0 Å². The van der Waals surface area contributed by atoms with Crippen molar-refractivity contribution in [2.75, 3.05) is 6.54 Å². The third-order valence-corrected chi connectivity index (χ3v) is 7.13. The van der Waals surface area contributed by atoms with Gasteiger partial charge < -0.3 is 33.6 Å². The molecule has 0 heterocycles. The fraction of sp³-hybridized carbons (Fsp3) is 0.559. The number of hydrogen-bond donors (Lipinski definition) is 6. The lowest BCUT2D eigenvalue weighted by molar-refractivity contribution is -0.128. The maximum absolute atomic E-state index is 12.1.